The first-order chi connectivity index (χ1) is 9.24. The van der Waals surface area contributed by atoms with Gasteiger partial charge in [0.25, 0.3) is 0 Å². The van der Waals surface area contributed by atoms with E-state index in [-0.39, 0.29) is 5.75 Å². The number of hydrogen-bond donors (Lipinski definition) is 0. The molecule has 1 heterocycles. The molecule has 100 valence electrons. The molecule has 0 amide bonds. The molecule has 1 saturated carbocycles. The molecule has 1 aliphatic carbocycles. The van der Waals surface area contributed by atoms with E-state index in [2.05, 4.69) is 10.1 Å². The third-order valence-electron chi connectivity index (χ3n) is 2.89. The Bertz CT molecular complexity index is 552. The fourth-order valence-electron chi connectivity index (χ4n) is 1.87. The fraction of sp³-hybridized carbons (Fsp3) is 0.385. The molecular weight excluding hydrogens is 268 g/mol. The van der Waals surface area contributed by atoms with E-state index in [1.807, 2.05) is 30.3 Å². The van der Waals surface area contributed by atoms with Crippen LogP contribution in [-0.4, -0.2) is 26.9 Å². The Labute approximate surface area is 114 Å². The highest BCUT2D eigenvalue weighted by Crippen LogP contribution is 2.40. The van der Waals surface area contributed by atoms with Crippen molar-refractivity contribution < 1.29 is 8.78 Å². The minimum atomic E-state index is -2.34. The summed E-state index contributed by atoms with van der Waals surface area (Å²) in [6, 6.07) is 9.69. The second-order valence-corrected chi connectivity index (χ2v) is 5.46. The first-order valence-electron chi connectivity index (χ1n) is 6.17. The molecule has 0 saturated heterocycles. The van der Waals surface area contributed by atoms with E-state index in [0.29, 0.717) is 11.1 Å². The molecule has 0 atom stereocenters. The van der Waals surface area contributed by atoms with Gasteiger partial charge in [0.1, 0.15) is 5.82 Å². The van der Waals surface area contributed by atoms with Gasteiger partial charge in [-0.2, -0.15) is 0 Å². The van der Waals surface area contributed by atoms with Crippen LogP contribution < -0.4 is 0 Å². The molecule has 6 heteroatoms. The molecule has 2 aromatic rings. The molecule has 0 aliphatic heterocycles. The summed E-state index contributed by atoms with van der Waals surface area (Å²) in [5.41, 5.74) is 0.931. The molecule has 1 fully saturated rings. The van der Waals surface area contributed by atoms with Crippen LogP contribution in [0.15, 0.2) is 35.5 Å². The van der Waals surface area contributed by atoms with Crippen LogP contribution in [0.5, 0.6) is 0 Å². The van der Waals surface area contributed by atoms with Crippen molar-refractivity contribution in [2.45, 2.75) is 30.3 Å². The van der Waals surface area contributed by atoms with Crippen LogP contribution in [0, 0.1) is 0 Å². The Morgan fingerprint density at radius 2 is 2.00 bits per heavy atom. The maximum absolute atomic E-state index is 12.2. The van der Waals surface area contributed by atoms with Gasteiger partial charge in [0, 0.05) is 5.92 Å². The topological polar surface area (TPSA) is 30.7 Å². The first-order valence-corrected chi connectivity index (χ1v) is 7.16. The highest BCUT2D eigenvalue weighted by molar-refractivity contribution is 7.99. The summed E-state index contributed by atoms with van der Waals surface area (Å²) in [6.07, 6.45) is -0.132. The van der Waals surface area contributed by atoms with E-state index in [4.69, 9.17) is 0 Å². The average molecular weight is 281 g/mol. The number of benzene rings is 1. The summed E-state index contributed by atoms with van der Waals surface area (Å²) in [4.78, 5) is 4.40. The van der Waals surface area contributed by atoms with Crippen LogP contribution in [0.3, 0.4) is 0 Å². The Balaban J connectivity index is 1.89. The summed E-state index contributed by atoms with van der Waals surface area (Å²) in [5.74, 6) is 1.06. The van der Waals surface area contributed by atoms with Gasteiger partial charge in [-0.1, -0.05) is 30.0 Å². The Morgan fingerprint density at radius 1 is 1.26 bits per heavy atom. The van der Waals surface area contributed by atoms with E-state index < -0.39 is 6.43 Å². The SMILES string of the molecule is FC(F)CSc1nc(C2CC2)n(-c2ccccc2)n1. The van der Waals surface area contributed by atoms with Gasteiger partial charge in [-0.05, 0) is 25.0 Å². The third-order valence-corrected chi connectivity index (χ3v) is 3.74. The Kier molecular flexibility index (Phi) is 3.50. The number of rotatable bonds is 5. The van der Waals surface area contributed by atoms with Crippen molar-refractivity contribution in [3.8, 4) is 5.69 Å². The molecule has 1 aliphatic rings. The number of aromatic nitrogens is 3. The van der Waals surface area contributed by atoms with Gasteiger partial charge in [0.2, 0.25) is 11.6 Å². The minimum Gasteiger partial charge on any atom is -0.216 e. The number of para-hydroxylation sites is 1. The molecular formula is C13H13F2N3S. The lowest BCUT2D eigenvalue weighted by molar-refractivity contribution is 0.176. The van der Waals surface area contributed by atoms with Crippen LogP contribution in [0.1, 0.15) is 24.6 Å². The highest BCUT2D eigenvalue weighted by Gasteiger charge is 2.30. The first kappa shape index (κ1) is 12.6. The van der Waals surface area contributed by atoms with Crippen molar-refractivity contribution in [1.29, 1.82) is 0 Å². The summed E-state index contributed by atoms with van der Waals surface area (Å²) in [7, 11) is 0. The smallest absolute Gasteiger partial charge is 0.216 e. The molecule has 0 spiro atoms. The molecule has 1 aromatic heterocycles. The van der Waals surface area contributed by atoms with Crippen LogP contribution in [0.2, 0.25) is 0 Å². The molecule has 3 rings (SSSR count). The van der Waals surface area contributed by atoms with Crippen molar-refractivity contribution in [1.82, 2.24) is 14.8 Å². The Morgan fingerprint density at radius 3 is 2.63 bits per heavy atom. The highest BCUT2D eigenvalue weighted by atomic mass is 32.2. The van der Waals surface area contributed by atoms with Crippen LogP contribution >= 0.6 is 11.8 Å². The number of halogens is 2. The number of thioether (sulfide) groups is 1. The van der Waals surface area contributed by atoms with E-state index >= 15 is 0 Å². The zero-order valence-corrected chi connectivity index (χ0v) is 11.0. The molecule has 19 heavy (non-hydrogen) atoms. The van der Waals surface area contributed by atoms with Gasteiger partial charge in [-0.25, -0.2) is 18.4 Å². The fourth-order valence-corrected chi connectivity index (χ4v) is 2.44. The van der Waals surface area contributed by atoms with Crippen molar-refractivity contribution in [3.05, 3.63) is 36.2 Å². The van der Waals surface area contributed by atoms with Gasteiger partial charge in [-0.3, -0.25) is 0 Å². The van der Waals surface area contributed by atoms with Crippen LogP contribution in [0.4, 0.5) is 8.78 Å². The Hall–Kier alpha value is -1.43. The summed E-state index contributed by atoms with van der Waals surface area (Å²) < 4.78 is 26.3. The van der Waals surface area contributed by atoms with E-state index in [0.717, 1.165) is 36.1 Å². The van der Waals surface area contributed by atoms with E-state index in [1.165, 1.54) is 0 Å². The molecule has 0 unspecified atom stereocenters. The number of alkyl halides is 2. The average Bonchev–Trinajstić information content (AvgIpc) is 3.17. The largest absolute Gasteiger partial charge is 0.248 e. The molecule has 1 aromatic carbocycles. The van der Waals surface area contributed by atoms with Crippen molar-refractivity contribution >= 4 is 11.8 Å². The van der Waals surface area contributed by atoms with E-state index in [9.17, 15) is 8.78 Å². The second kappa shape index (κ2) is 5.28. The number of hydrogen-bond acceptors (Lipinski definition) is 3. The lowest BCUT2D eigenvalue weighted by atomic mass is 10.3. The van der Waals surface area contributed by atoms with Crippen molar-refractivity contribution in [2.75, 3.05) is 5.75 Å². The molecule has 0 N–H and O–H groups in total. The van der Waals surface area contributed by atoms with Crippen molar-refractivity contribution in [3.63, 3.8) is 0 Å². The predicted molar refractivity (Wildman–Crippen MR) is 70.1 cm³/mol. The monoisotopic (exact) mass is 281 g/mol. The summed E-state index contributed by atoms with van der Waals surface area (Å²) in [5, 5.41) is 4.79. The molecule has 3 nitrogen and oxygen atoms in total. The van der Waals surface area contributed by atoms with Crippen LogP contribution in [-0.2, 0) is 0 Å². The van der Waals surface area contributed by atoms with Crippen LogP contribution in [0.25, 0.3) is 5.69 Å². The minimum absolute atomic E-state index is 0.261. The third kappa shape index (κ3) is 2.94. The zero-order valence-electron chi connectivity index (χ0n) is 10.2. The molecule has 0 bridgehead atoms. The quantitative estimate of drug-likeness (QED) is 0.786. The van der Waals surface area contributed by atoms with Gasteiger partial charge in [0.15, 0.2) is 0 Å². The second-order valence-electron chi connectivity index (χ2n) is 4.48. The van der Waals surface area contributed by atoms with Gasteiger partial charge < -0.3 is 0 Å². The summed E-state index contributed by atoms with van der Waals surface area (Å²) >= 11 is 1.01. The van der Waals surface area contributed by atoms with Gasteiger partial charge >= 0.3 is 0 Å². The van der Waals surface area contributed by atoms with Gasteiger partial charge in [0.05, 0.1) is 11.4 Å². The predicted octanol–water partition coefficient (Wildman–Crippen LogP) is 3.50. The standard InChI is InChI=1S/C13H13F2N3S/c14-11(15)8-19-13-16-12(9-6-7-9)18(17-13)10-4-2-1-3-5-10/h1-5,9,11H,6-8H2. The molecule has 0 radical (unpaired) electrons. The normalized spacial score (nSPS) is 15.1. The lowest BCUT2D eigenvalue weighted by Gasteiger charge is -2.03. The lowest BCUT2D eigenvalue weighted by Crippen LogP contribution is -2.01. The van der Waals surface area contributed by atoms with E-state index in [1.54, 1.807) is 4.68 Å². The summed E-state index contributed by atoms with van der Waals surface area (Å²) in [6.45, 7) is 0. The maximum atomic E-state index is 12.2. The maximum Gasteiger partial charge on any atom is 0.248 e. The van der Waals surface area contributed by atoms with Crippen molar-refractivity contribution in [2.24, 2.45) is 0 Å². The number of nitrogens with zero attached hydrogens (tertiary/aromatic N) is 3. The zero-order chi connectivity index (χ0) is 13.2. The van der Waals surface area contributed by atoms with Gasteiger partial charge in [-0.15, -0.1) is 5.10 Å².